The monoisotopic (exact) mass is 514 g/mol. The minimum Gasteiger partial charge on any atom is -0.368 e. The minimum absolute atomic E-state index is 0.0960. The molecule has 2 aromatic heterocycles. The number of rotatable bonds is 3. The Morgan fingerprint density at radius 2 is 1.65 bits per heavy atom. The fourth-order valence-electron chi connectivity index (χ4n) is 3.89. The van der Waals surface area contributed by atoms with E-state index in [1.807, 2.05) is 71.1 Å². The Hall–Kier alpha value is -2.35. The Kier molecular flexibility index (Phi) is 5.50. The molecule has 3 heterocycles. The average Bonchev–Trinajstić information content (AvgIpc) is 3.35. The van der Waals surface area contributed by atoms with Crippen molar-refractivity contribution in [1.29, 1.82) is 0 Å². The summed E-state index contributed by atoms with van der Waals surface area (Å²) in [6, 6.07) is 17.9. The number of nitrogens with zero attached hydrogens (tertiary/aromatic N) is 4. The second kappa shape index (κ2) is 8.30. The number of halogens is 2. The average molecular weight is 516 g/mol. The van der Waals surface area contributed by atoms with Gasteiger partial charge in [-0.2, -0.15) is 5.10 Å². The van der Waals surface area contributed by atoms with Gasteiger partial charge in [0, 0.05) is 46.7 Å². The number of hydrogen-bond donors (Lipinski definition) is 0. The van der Waals surface area contributed by atoms with E-state index in [1.165, 1.54) is 11.3 Å². The molecule has 1 aliphatic heterocycles. The van der Waals surface area contributed by atoms with Gasteiger partial charge in [0.1, 0.15) is 4.83 Å². The molecule has 0 unspecified atom stereocenters. The van der Waals surface area contributed by atoms with Crippen LogP contribution in [0.4, 0.5) is 5.69 Å². The van der Waals surface area contributed by atoms with Crippen molar-refractivity contribution in [3.63, 3.8) is 0 Å². The van der Waals surface area contributed by atoms with E-state index in [0.717, 1.165) is 54.7 Å². The van der Waals surface area contributed by atoms with Gasteiger partial charge in [-0.05, 0) is 61.5 Å². The number of carbonyl (C=O) groups is 1. The molecule has 0 N–H and O–H groups in total. The number of carbonyl (C=O) groups excluding carboxylic acids is 1. The van der Waals surface area contributed by atoms with Gasteiger partial charge in [0.05, 0.1) is 16.3 Å². The lowest BCUT2D eigenvalue weighted by atomic mass is 10.2. The highest BCUT2D eigenvalue weighted by Crippen LogP contribution is 2.32. The van der Waals surface area contributed by atoms with E-state index in [-0.39, 0.29) is 5.91 Å². The zero-order valence-electron chi connectivity index (χ0n) is 16.9. The van der Waals surface area contributed by atoms with Gasteiger partial charge in [0.25, 0.3) is 5.91 Å². The second-order valence-corrected chi connectivity index (χ2v) is 9.94. The summed E-state index contributed by atoms with van der Waals surface area (Å²) >= 11 is 11.0. The number of aryl methyl sites for hydroxylation is 1. The van der Waals surface area contributed by atoms with E-state index >= 15 is 0 Å². The first kappa shape index (κ1) is 20.5. The summed E-state index contributed by atoms with van der Waals surface area (Å²) in [6.07, 6.45) is 0. The van der Waals surface area contributed by atoms with Crippen molar-refractivity contribution in [3.05, 3.63) is 74.7 Å². The van der Waals surface area contributed by atoms with Crippen molar-refractivity contribution in [3.8, 4) is 5.69 Å². The van der Waals surface area contributed by atoms with E-state index in [9.17, 15) is 4.79 Å². The summed E-state index contributed by atoms with van der Waals surface area (Å²) in [5, 5.41) is 6.46. The lowest BCUT2D eigenvalue weighted by Gasteiger charge is -2.36. The molecule has 0 aliphatic carbocycles. The normalized spacial score (nSPS) is 14.4. The van der Waals surface area contributed by atoms with Gasteiger partial charge < -0.3 is 9.80 Å². The summed E-state index contributed by atoms with van der Waals surface area (Å²) in [5.74, 6) is 0.0960. The zero-order chi connectivity index (χ0) is 21.5. The highest BCUT2D eigenvalue weighted by Gasteiger charge is 2.25. The SMILES string of the molecule is Cc1nn(-c2ccc(Br)cc2)c2sc(C(=O)N3CCN(c4ccc(Cl)cc4)CC3)cc12. The van der Waals surface area contributed by atoms with E-state index in [1.54, 1.807) is 0 Å². The molecule has 0 atom stereocenters. The number of fused-ring (bicyclic) bond motifs is 1. The number of benzene rings is 2. The number of anilines is 1. The smallest absolute Gasteiger partial charge is 0.264 e. The van der Waals surface area contributed by atoms with Crippen molar-refractivity contribution in [2.45, 2.75) is 6.92 Å². The third-order valence-electron chi connectivity index (χ3n) is 5.59. The summed E-state index contributed by atoms with van der Waals surface area (Å²) in [7, 11) is 0. The molecule has 8 heteroatoms. The van der Waals surface area contributed by atoms with Gasteiger partial charge >= 0.3 is 0 Å². The molecule has 5 nitrogen and oxygen atoms in total. The van der Waals surface area contributed by atoms with E-state index in [2.05, 4.69) is 25.9 Å². The maximum atomic E-state index is 13.2. The van der Waals surface area contributed by atoms with Crippen LogP contribution >= 0.6 is 38.9 Å². The molecule has 1 amide bonds. The van der Waals surface area contributed by atoms with Crippen molar-refractivity contribution >= 4 is 60.7 Å². The maximum Gasteiger partial charge on any atom is 0.264 e. The van der Waals surface area contributed by atoms with Crippen molar-refractivity contribution < 1.29 is 4.79 Å². The van der Waals surface area contributed by atoms with Crippen LogP contribution in [-0.2, 0) is 0 Å². The maximum absolute atomic E-state index is 13.2. The van der Waals surface area contributed by atoms with Crippen LogP contribution < -0.4 is 4.90 Å². The van der Waals surface area contributed by atoms with Crippen LogP contribution in [-0.4, -0.2) is 46.8 Å². The zero-order valence-corrected chi connectivity index (χ0v) is 20.0. The molecule has 0 bridgehead atoms. The van der Waals surface area contributed by atoms with Gasteiger partial charge in [0.2, 0.25) is 0 Å². The van der Waals surface area contributed by atoms with Crippen molar-refractivity contribution in [2.75, 3.05) is 31.1 Å². The number of piperazine rings is 1. The molecule has 1 fully saturated rings. The second-order valence-electron chi connectivity index (χ2n) is 7.56. The summed E-state index contributed by atoms with van der Waals surface area (Å²) in [6.45, 7) is 5.01. The van der Waals surface area contributed by atoms with Gasteiger partial charge in [-0.25, -0.2) is 4.68 Å². The molecule has 0 radical (unpaired) electrons. The Labute approximate surface area is 198 Å². The molecule has 1 saturated heterocycles. The van der Waals surface area contributed by atoms with Gasteiger partial charge in [-0.1, -0.05) is 27.5 Å². The highest BCUT2D eigenvalue weighted by atomic mass is 79.9. The molecule has 1 aliphatic rings. The minimum atomic E-state index is 0.0960. The van der Waals surface area contributed by atoms with Crippen LogP contribution in [0, 0.1) is 6.92 Å². The lowest BCUT2D eigenvalue weighted by Crippen LogP contribution is -2.48. The fraction of sp³-hybridized carbons (Fsp3) is 0.217. The van der Waals surface area contributed by atoms with Crippen LogP contribution in [0.15, 0.2) is 59.1 Å². The van der Waals surface area contributed by atoms with Gasteiger partial charge in [-0.3, -0.25) is 4.79 Å². The number of amides is 1. The first-order valence-corrected chi connectivity index (χ1v) is 12.0. The van der Waals surface area contributed by atoms with Crippen LogP contribution in [0.25, 0.3) is 15.9 Å². The summed E-state index contributed by atoms with van der Waals surface area (Å²) in [4.78, 5) is 19.2. The molecule has 31 heavy (non-hydrogen) atoms. The molecule has 5 rings (SSSR count). The van der Waals surface area contributed by atoms with Crippen LogP contribution in [0.2, 0.25) is 5.02 Å². The van der Waals surface area contributed by atoms with E-state index in [0.29, 0.717) is 13.1 Å². The standard InChI is InChI=1S/C23H20BrClN4OS/c1-15-20-14-21(31-23(20)29(26-15)19-6-2-16(24)3-7-19)22(30)28-12-10-27(11-13-28)18-8-4-17(25)5-9-18/h2-9,14H,10-13H2,1H3. The van der Waals surface area contributed by atoms with Gasteiger partial charge in [-0.15, -0.1) is 11.3 Å². The Balaban J connectivity index is 1.35. The molecular formula is C23H20BrClN4OS. The first-order chi connectivity index (χ1) is 15.0. The largest absolute Gasteiger partial charge is 0.368 e. The highest BCUT2D eigenvalue weighted by molar-refractivity contribution is 9.10. The predicted molar refractivity (Wildman–Crippen MR) is 131 cm³/mol. The fourth-order valence-corrected chi connectivity index (χ4v) is 5.43. The third-order valence-corrected chi connectivity index (χ3v) is 7.46. The van der Waals surface area contributed by atoms with Crippen molar-refractivity contribution in [1.82, 2.24) is 14.7 Å². The third kappa shape index (κ3) is 3.97. The molecular weight excluding hydrogens is 496 g/mol. The Morgan fingerprint density at radius 3 is 2.32 bits per heavy atom. The first-order valence-electron chi connectivity index (χ1n) is 10.0. The summed E-state index contributed by atoms with van der Waals surface area (Å²) < 4.78 is 2.95. The molecule has 4 aromatic rings. The van der Waals surface area contributed by atoms with Crippen LogP contribution in [0.1, 0.15) is 15.4 Å². The number of hydrogen-bond acceptors (Lipinski definition) is 4. The number of thiophene rings is 1. The van der Waals surface area contributed by atoms with Gasteiger partial charge in [0.15, 0.2) is 0 Å². The lowest BCUT2D eigenvalue weighted by molar-refractivity contribution is 0.0751. The van der Waals surface area contributed by atoms with Crippen molar-refractivity contribution in [2.24, 2.45) is 0 Å². The molecule has 0 saturated carbocycles. The molecule has 158 valence electrons. The number of aromatic nitrogens is 2. The van der Waals surface area contributed by atoms with E-state index < -0.39 is 0 Å². The Bertz CT molecular complexity index is 1240. The van der Waals surface area contributed by atoms with E-state index in [4.69, 9.17) is 11.6 Å². The quantitative estimate of drug-likeness (QED) is 0.348. The van der Waals surface area contributed by atoms with Crippen LogP contribution in [0.3, 0.4) is 0 Å². The van der Waals surface area contributed by atoms with Crippen LogP contribution in [0.5, 0.6) is 0 Å². The topological polar surface area (TPSA) is 41.4 Å². The molecule has 2 aromatic carbocycles. The molecule has 0 spiro atoms. The summed E-state index contributed by atoms with van der Waals surface area (Å²) in [5.41, 5.74) is 3.06. The predicted octanol–water partition coefficient (Wildman–Crippen LogP) is 5.77. The Morgan fingerprint density at radius 1 is 1.00 bits per heavy atom.